The third-order valence-corrected chi connectivity index (χ3v) is 8.89. The summed E-state index contributed by atoms with van der Waals surface area (Å²) in [6, 6.07) is 8.89. The van der Waals surface area contributed by atoms with Crippen molar-refractivity contribution < 1.29 is 41.8 Å². The van der Waals surface area contributed by atoms with Gasteiger partial charge in [0.2, 0.25) is 17.7 Å². The number of halogens is 3. The van der Waals surface area contributed by atoms with Crippen molar-refractivity contribution >= 4 is 34.8 Å². The zero-order chi connectivity index (χ0) is 36.9. The largest absolute Gasteiger partial charge is 0.573 e. The maximum atomic E-state index is 14.3. The molecule has 2 aliphatic heterocycles. The van der Waals surface area contributed by atoms with Crippen molar-refractivity contribution in [3.8, 4) is 5.75 Å². The molecule has 4 amide bonds. The molecule has 3 aromatic rings. The molecular weight excluding hydrogens is 671 g/mol. The summed E-state index contributed by atoms with van der Waals surface area (Å²) in [5.74, 6) is -1.67. The quantitative estimate of drug-likeness (QED) is 0.300. The number of alkyl carbamates (subject to hydrolysis) is 1. The zero-order valence-corrected chi connectivity index (χ0v) is 29.2. The number of nitrogens with zero attached hydrogens (tertiary/aromatic N) is 5. The molecule has 3 heterocycles. The molecule has 2 aliphatic rings. The van der Waals surface area contributed by atoms with Crippen LogP contribution >= 0.6 is 0 Å². The van der Waals surface area contributed by atoms with Crippen LogP contribution in [0.15, 0.2) is 42.5 Å². The zero-order valence-electron chi connectivity index (χ0n) is 29.2. The van der Waals surface area contributed by atoms with Crippen LogP contribution in [0.1, 0.15) is 64.0 Å². The number of alkyl halides is 3. The molecule has 2 fully saturated rings. The first-order chi connectivity index (χ1) is 24.0. The molecule has 3 atom stereocenters. The van der Waals surface area contributed by atoms with Crippen LogP contribution in [-0.4, -0.2) is 92.3 Å². The summed E-state index contributed by atoms with van der Waals surface area (Å²) in [6.45, 7) is 6.64. The smallest absolute Gasteiger partial charge is 0.444 e. The molecule has 13 nitrogen and oxygen atoms in total. The summed E-state index contributed by atoms with van der Waals surface area (Å²) < 4.78 is 49.1. The van der Waals surface area contributed by atoms with E-state index in [9.17, 15) is 32.3 Å². The Bertz CT molecular complexity index is 1720. The van der Waals surface area contributed by atoms with Crippen molar-refractivity contribution in [2.24, 2.45) is 13.0 Å². The van der Waals surface area contributed by atoms with Crippen LogP contribution in [0.25, 0.3) is 11.0 Å². The van der Waals surface area contributed by atoms with E-state index in [0.717, 1.165) is 23.9 Å². The summed E-state index contributed by atoms with van der Waals surface area (Å²) in [4.78, 5) is 57.1. The number of carbonyl (C=O) groups excluding carboxylic acids is 4. The number of likely N-dealkylation sites (tertiary alicyclic amines) is 2. The van der Waals surface area contributed by atoms with Crippen molar-refractivity contribution in [1.82, 2.24) is 35.4 Å². The van der Waals surface area contributed by atoms with Gasteiger partial charge in [0, 0.05) is 39.6 Å². The average Bonchev–Trinajstić information content (AvgIpc) is 3.82. The first-order valence-corrected chi connectivity index (χ1v) is 17.0. The highest BCUT2D eigenvalue weighted by Crippen LogP contribution is 2.30. The number of ether oxygens (including phenoxy) is 2. The minimum atomic E-state index is -4.82. The molecule has 0 aliphatic carbocycles. The topological polar surface area (TPSA) is 148 Å². The lowest BCUT2D eigenvalue weighted by atomic mass is 9.96. The minimum Gasteiger partial charge on any atom is -0.444 e. The molecular formula is C35H44F3N7O6. The SMILES string of the molecule is Cn1nnc2cc(CNC(=O)[C@@H]3CC(Cc4ccc(OC(F)(F)F)cc4)CN3C(=O)[C@@H](CCC(=O)N3CCCC3)NC(=O)OC(C)(C)C)ccc21. The Morgan fingerprint density at radius 1 is 1.00 bits per heavy atom. The fraction of sp³-hybridized carbons (Fsp3) is 0.543. The highest BCUT2D eigenvalue weighted by atomic mass is 19.4. The Balaban J connectivity index is 1.34. The molecule has 51 heavy (non-hydrogen) atoms. The number of nitrogens with one attached hydrogen (secondary N) is 2. The van der Waals surface area contributed by atoms with Crippen molar-refractivity contribution in [3.63, 3.8) is 0 Å². The number of amides is 4. The second kappa shape index (κ2) is 15.6. The first-order valence-electron chi connectivity index (χ1n) is 17.0. The lowest BCUT2D eigenvalue weighted by Crippen LogP contribution is -2.54. The van der Waals surface area contributed by atoms with E-state index in [0.29, 0.717) is 30.6 Å². The van der Waals surface area contributed by atoms with Crippen LogP contribution in [0.2, 0.25) is 0 Å². The third-order valence-electron chi connectivity index (χ3n) is 8.89. The number of benzene rings is 2. The Morgan fingerprint density at radius 3 is 2.35 bits per heavy atom. The van der Waals surface area contributed by atoms with Crippen molar-refractivity contribution in [3.05, 3.63) is 53.6 Å². The van der Waals surface area contributed by atoms with Gasteiger partial charge in [0.05, 0.1) is 5.52 Å². The van der Waals surface area contributed by atoms with Gasteiger partial charge in [0.15, 0.2) is 0 Å². The van der Waals surface area contributed by atoms with Gasteiger partial charge < -0.3 is 29.9 Å². The number of aromatic nitrogens is 3. The Kier molecular flexibility index (Phi) is 11.4. The summed E-state index contributed by atoms with van der Waals surface area (Å²) in [5.41, 5.74) is 2.10. The first kappa shape index (κ1) is 37.4. The molecule has 1 unspecified atom stereocenters. The standard InChI is InChI=1S/C35H44F3N7O6/c1-34(2,3)51-33(49)40-26(12-14-30(46)44-15-5-6-16-44)32(48)45-21-24(17-22-7-10-25(11-8-22)50-35(36,37)38)19-29(45)31(47)39-20-23-9-13-28-27(18-23)41-42-43(28)4/h7-11,13,18,24,26,29H,5-6,12,14-17,19-21H2,1-4H3,(H,39,47)(H,40,49)/t24?,26-,29+/m1/s1. The van der Waals surface area contributed by atoms with Crippen molar-refractivity contribution in [2.45, 2.75) is 89.9 Å². The van der Waals surface area contributed by atoms with E-state index in [1.165, 1.54) is 29.2 Å². The summed E-state index contributed by atoms with van der Waals surface area (Å²) in [6.07, 6.45) is -3.21. The van der Waals surface area contributed by atoms with Gasteiger partial charge in [-0.25, -0.2) is 9.48 Å². The molecule has 1 aromatic heterocycles. The van der Waals surface area contributed by atoms with E-state index >= 15 is 0 Å². The second-order valence-corrected chi connectivity index (χ2v) is 14.1. The maximum Gasteiger partial charge on any atom is 0.573 e. The highest BCUT2D eigenvalue weighted by Gasteiger charge is 2.42. The molecule has 276 valence electrons. The van der Waals surface area contributed by atoms with Crippen LogP contribution in [0.4, 0.5) is 18.0 Å². The van der Waals surface area contributed by atoms with Crippen molar-refractivity contribution in [1.29, 1.82) is 0 Å². The van der Waals surface area contributed by atoms with Crippen LogP contribution in [0.3, 0.4) is 0 Å². The normalized spacial score (nSPS) is 18.5. The molecule has 2 N–H and O–H groups in total. The van der Waals surface area contributed by atoms with Crippen LogP contribution in [-0.2, 0) is 39.1 Å². The van der Waals surface area contributed by atoms with E-state index in [1.807, 2.05) is 18.2 Å². The maximum absolute atomic E-state index is 14.3. The van der Waals surface area contributed by atoms with Gasteiger partial charge >= 0.3 is 12.5 Å². The van der Waals surface area contributed by atoms with Gasteiger partial charge in [-0.2, -0.15) is 0 Å². The average molecular weight is 716 g/mol. The molecule has 0 bridgehead atoms. The summed E-state index contributed by atoms with van der Waals surface area (Å²) in [5, 5.41) is 13.7. The van der Waals surface area contributed by atoms with Gasteiger partial charge in [0.1, 0.15) is 29.0 Å². The fourth-order valence-electron chi connectivity index (χ4n) is 6.53. The monoisotopic (exact) mass is 715 g/mol. The second-order valence-electron chi connectivity index (χ2n) is 14.1. The van der Waals surface area contributed by atoms with Gasteiger partial charge in [-0.05, 0) is 94.2 Å². The molecule has 0 radical (unpaired) electrons. The Labute approximate surface area is 293 Å². The molecule has 5 rings (SSSR count). The number of carbonyl (C=O) groups is 4. The predicted octanol–water partition coefficient (Wildman–Crippen LogP) is 4.24. The molecule has 2 aromatic carbocycles. The van der Waals surface area contributed by atoms with Crippen LogP contribution < -0.4 is 15.4 Å². The lowest BCUT2D eigenvalue weighted by Gasteiger charge is -2.30. The number of rotatable bonds is 11. The van der Waals surface area contributed by atoms with Crippen LogP contribution in [0.5, 0.6) is 5.75 Å². The molecule has 2 saturated heterocycles. The number of aryl methyl sites for hydroxylation is 1. The van der Waals surface area contributed by atoms with Crippen LogP contribution in [0, 0.1) is 5.92 Å². The molecule has 16 heteroatoms. The summed E-state index contributed by atoms with van der Waals surface area (Å²) >= 11 is 0. The van der Waals surface area contributed by atoms with E-state index in [2.05, 4.69) is 25.7 Å². The summed E-state index contributed by atoms with van der Waals surface area (Å²) in [7, 11) is 1.77. The Morgan fingerprint density at radius 2 is 1.69 bits per heavy atom. The van der Waals surface area contributed by atoms with E-state index < -0.39 is 42.0 Å². The van der Waals surface area contributed by atoms with Crippen molar-refractivity contribution in [2.75, 3.05) is 19.6 Å². The number of hydrogen-bond acceptors (Lipinski definition) is 8. The van der Waals surface area contributed by atoms with E-state index in [4.69, 9.17) is 4.74 Å². The number of hydrogen-bond donors (Lipinski definition) is 2. The van der Waals surface area contributed by atoms with Gasteiger partial charge in [-0.3, -0.25) is 14.4 Å². The molecule has 0 saturated carbocycles. The predicted molar refractivity (Wildman–Crippen MR) is 179 cm³/mol. The third kappa shape index (κ3) is 10.3. The molecule has 0 spiro atoms. The lowest BCUT2D eigenvalue weighted by molar-refractivity contribution is -0.274. The Hall–Kier alpha value is -4.89. The van der Waals surface area contributed by atoms with Gasteiger partial charge in [-0.1, -0.05) is 23.4 Å². The highest BCUT2D eigenvalue weighted by molar-refractivity contribution is 5.92. The van der Waals surface area contributed by atoms with E-state index in [-0.39, 0.29) is 49.9 Å². The minimum absolute atomic E-state index is 0.00169. The van der Waals surface area contributed by atoms with Gasteiger partial charge in [-0.15, -0.1) is 18.3 Å². The van der Waals surface area contributed by atoms with Gasteiger partial charge in [0.25, 0.3) is 0 Å². The number of fused-ring (bicyclic) bond motifs is 1. The fourth-order valence-corrected chi connectivity index (χ4v) is 6.53. The van der Waals surface area contributed by atoms with E-state index in [1.54, 1.807) is 37.4 Å².